The van der Waals surface area contributed by atoms with Gasteiger partial charge in [0.1, 0.15) is 12.6 Å². The summed E-state index contributed by atoms with van der Waals surface area (Å²) < 4.78 is 25.2. The van der Waals surface area contributed by atoms with Gasteiger partial charge in [-0.25, -0.2) is 8.42 Å². The predicted molar refractivity (Wildman–Crippen MR) is 86.6 cm³/mol. The molecule has 2 heterocycles. The lowest BCUT2D eigenvalue weighted by atomic mass is 10.0. The highest BCUT2D eigenvalue weighted by Gasteiger charge is 2.39. The van der Waals surface area contributed by atoms with Crippen molar-refractivity contribution in [1.29, 1.82) is 0 Å². The van der Waals surface area contributed by atoms with Gasteiger partial charge in [0.15, 0.2) is 0 Å². The van der Waals surface area contributed by atoms with Crippen molar-refractivity contribution in [1.82, 2.24) is 4.31 Å². The van der Waals surface area contributed by atoms with Crippen molar-refractivity contribution in [2.75, 3.05) is 29.6 Å². The molecule has 2 aliphatic rings. The Morgan fingerprint density at radius 2 is 2.00 bits per heavy atom. The Balaban J connectivity index is 1.95. The summed E-state index contributed by atoms with van der Waals surface area (Å²) >= 11 is 0. The van der Waals surface area contributed by atoms with Gasteiger partial charge in [0.2, 0.25) is 21.8 Å². The summed E-state index contributed by atoms with van der Waals surface area (Å²) in [5.74, 6) is -0.615. The van der Waals surface area contributed by atoms with Crippen molar-refractivity contribution in [2.24, 2.45) is 0 Å². The third-order valence-electron chi connectivity index (χ3n) is 4.20. The molecule has 1 aromatic rings. The molecule has 0 radical (unpaired) electrons. The Hall–Kier alpha value is -1.93. The molecule has 8 heteroatoms. The van der Waals surface area contributed by atoms with Crippen LogP contribution in [0.1, 0.15) is 19.3 Å². The number of piperidine rings is 1. The van der Waals surface area contributed by atoms with Gasteiger partial charge in [0.25, 0.3) is 0 Å². The molecule has 1 atom stereocenters. The van der Waals surface area contributed by atoms with Crippen LogP contribution in [0.25, 0.3) is 0 Å². The second-order valence-corrected chi connectivity index (χ2v) is 7.81. The summed E-state index contributed by atoms with van der Waals surface area (Å²) in [6.07, 6.45) is 3.14. The first kappa shape index (κ1) is 15.9. The molecule has 124 valence electrons. The standard InChI is InChI=1S/C15H19N3O4S/c1-23(21,22)18-9-5-4-8-13(18)15(20)17-10-14(19)16-11-6-2-3-7-12(11)17/h2-3,6-7,13H,4-5,8-10H2,1H3,(H,16,19). The number of nitrogens with one attached hydrogen (secondary N) is 1. The minimum absolute atomic E-state index is 0.0933. The van der Waals surface area contributed by atoms with Gasteiger partial charge in [-0.15, -0.1) is 0 Å². The Morgan fingerprint density at radius 1 is 1.26 bits per heavy atom. The number of fused-ring (bicyclic) bond motifs is 1. The SMILES string of the molecule is CS(=O)(=O)N1CCCCC1C(=O)N1CC(=O)Nc2ccccc21. The van der Waals surface area contributed by atoms with Gasteiger partial charge in [-0.1, -0.05) is 18.6 Å². The van der Waals surface area contributed by atoms with E-state index in [0.29, 0.717) is 24.3 Å². The van der Waals surface area contributed by atoms with E-state index in [-0.39, 0.29) is 18.4 Å². The molecule has 1 saturated heterocycles. The Bertz CT molecular complexity index is 747. The number of rotatable bonds is 2. The van der Waals surface area contributed by atoms with Gasteiger partial charge in [-0.2, -0.15) is 4.31 Å². The summed E-state index contributed by atoms with van der Waals surface area (Å²) in [5, 5.41) is 2.72. The number of sulfonamides is 1. The topological polar surface area (TPSA) is 86.8 Å². The Labute approximate surface area is 135 Å². The highest BCUT2D eigenvalue weighted by Crippen LogP contribution is 2.31. The van der Waals surface area contributed by atoms with Crippen LogP contribution in [0.5, 0.6) is 0 Å². The van der Waals surface area contributed by atoms with Crippen LogP contribution in [-0.4, -0.2) is 49.9 Å². The average molecular weight is 337 g/mol. The van der Waals surface area contributed by atoms with Crippen LogP contribution in [0.15, 0.2) is 24.3 Å². The zero-order chi connectivity index (χ0) is 16.6. The summed E-state index contributed by atoms with van der Waals surface area (Å²) in [6, 6.07) is 6.29. The van der Waals surface area contributed by atoms with Gasteiger partial charge >= 0.3 is 0 Å². The molecule has 2 aliphatic heterocycles. The van der Waals surface area contributed by atoms with Crippen LogP contribution in [0.3, 0.4) is 0 Å². The Kier molecular flexibility index (Phi) is 4.11. The highest BCUT2D eigenvalue weighted by atomic mass is 32.2. The fourth-order valence-electron chi connectivity index (χ4n) is 3.16. The molecule has 0 spiro atoms. The molecule has 1 aromatic carbocycles. The van der Waals surface area contributed by atoms with Crippen molar-refractivity contribution in [3.63, 3.8) is 0 Å². The summed E-state index contributed by atoms with van der Waals surface area (Å²) in [4.78, 5) is 26.2. The number of benzene rings is 1. The number of hydrogen-bond donors (Lipinski definition) is 1. The number of amides is 2. The van der Waals surface area contributed by atoms with Crippen LogP contribution in [0.4, 0.5) is 11.4 Å². The van der Waals surface area contributed by atoms with Crippen molar-refractivity contribution in [3.05, 3.63) is 24.3 Å². The summed E-state index contributed by atoms with van der Waals surface area (Å²) in [5.41, 5.74) is 1.18. The first-order chi connectivity index (χ1) is 10.9. The molecular formula is C15H19N3O4S. The van der Waals surface area contributed by atoms with Gasteiger partial charge in [-0.05, 0) is 25.0 Å². The smallest absolute Gasteiger partial charge is 0.245 e. The molecule has 1 unspecified atom stereocenters. The number of carbonyl (C=O) groups is 2. The number of nitrogens with zero attached hydrogens (tertiary/aromatic N) is 2. The first-order valence-corrected chi connectivity index (χ1v) is 9.40. The molecule has 0 aliphatic carbocycles. The van der Waals surface area contributed by atoms with Crippen LogP contribution in [0, 0.1) is 0 Å². The minimum Gasteiger partial charge on any atom is -0.323 e. The normalized spacial score (nSPS) is 22.4. The molecule has 2 amide bonds. The third-order valence-corrected chi connectivity index (χ3v) is 5.49. The molecule has 1 N–H and O–H groups in total. The van der Waals surface area contributed by atoms with Crippen molar-refractivity contribution in [3.8, 4) is 0 Å². The molecule has 0 bridgehead atoms. The molecular weight excluding hydrogens is 318 g/mol. The quantitative estimate of drug-likeness (QED) is 0.864. The van der Waals surface area contributed by atoms with E-state index in [4.69, 9.17) is 0 Å². The lowest BCUT2D eigenvalue weighted by Gasteiger charge is -2.37. The molecule has 1 fully saturated rings. The van der Waals surface area contributed by atoms with E-state index in [9.17, 15) is 18.0 Å². The zero-order valence-corrected chi connectivity index (χ0v) is 13.7. The zero-order valence-electron chi connectivity index (χ0n) is 12.9. The van der Waals surface area contributed by atoms with E-state index in [1.54, 1.807) is 24.3 Å². The van der Waals surface area contributed by atoms with Crippen LogP contribution in [-0.2, 0) is 19.6 Å². The number of hydrogen-bond acceptors (Lipinski definition) is 4. The monoisotopic (exact) mass is 337 g/mol. The molecule has 0 saturated carbocycles. The third kappa shape index (κ3) is 3.09. The van der Waals surface area contributed by atoms with E-state index < -0.39 is 16.1 Å². The minimum atomic E-state index is -3.46. The molecule has 3 rings (SSSR count). The van der Waals surface area contributed by atoms with E-state index >= 15 is 0 Å². The van der Waals surface area contributed by atoms with Gasteiger partial charge in [0, 0.05) is 6.54 Å². The summed E-state index contributed by atoms with van der Waals surface area (Å²) in [6.45, 7) is 0.251. The lowest BCUT2D eigenvalue weighted by molar-refractivity contribution is -0.125. The predicted octanol–water partition coefficient (Wildman–Crippen LogP) is 0.786. The van der Waals surface area contributed by atoms with Crippen LogP contribution < -0.4 is 10.2 Å². The van der Waals surface area contributed by atoms with E-state index in [1.807, 2.05) is 0 Å². The van der Waals surface area contributed by atoms with Crippen LogP contribution in [0.2, 0.25) is 0 Å². The highest BCUT2D eigenvalue weighted by molar-refractivity contribution is 7.88. The molecule has 7 nitrogen and oxygen atoms in total. The average Bonchev–Trinajstić information content (AvgIpc) is 2.52. The number of para-hydroxylation sites is 2. The Morgan fingerprint density at radius 3 is 2.74 bits per heavy atom. The fourth-order valence-corrected chi connectivity index (χ4v) is 4.28. The number of carbonyl (C=O) groups excluding carboxylic acids is 2. The first-order valence-electron chi connectivity index (χ1n) is 7.55. The summed E-state index contributed by atoms with van der Waals surface area (Å²) in [7, 11) is -3.46. The maximum atomic E-state index is 13.0. The lowest BCUT2D eigenvalue weighted by Crippen LogP contribution is -2.55. The van der Waals surface area contributed by atoms with Crippen molar-refractivity contribution in [2.45, 2.75) is 25.3 Å². The maximum absolute atomic E-state index is 13.0. The largest absolute Gasteiger partial charge is 0.323 e. The van der Waals surface area contributed by atoms with E-state index in [1.165, 1.54) is 9.21 Å². The van der Waals surface area contributed by atoms with Crippen LogP contribution >= 0.6 is 0 Å². The van der Waals surface area contributed by atoms with E-state index in [2.05, 4.69) is 5.32 Å². The van der Waals surface area contributed by atoms with Crippen molar-refractivity contribution < 1.29 is 18.0 Å². The molecule has 23 heavy (non-hydrogen) atoms. The fraction of sp³-hybridized carbons (Fsp3) is 0.467. The number of anilines is 2. The maximum Gasteiger partial charge on any atom is 0.245 e. The van der Waals surface area contributed by atoms with Gasteiger partial charge < -0.3 is 5.32 Å². The molecule has 0 aromatic heterocycles. The van der Waals surface area contributed by atoms with Gasteiger partial charge in [-0.3, -0.25) is 14.5 Å². The second kappa shape index (κ2) is 5.93. The van der Waals surface area contributed by atoms with Gasteiger partial charge in [0.05, 0.1) is 17.6 Å². The van der Waals surface area contributed by atoms with E-state index in [0.717, 1.165) is 19.1 Å². The van der Waals surface area contributed by atoms with Crippen molar-refractivity contribution >= 4 is 33.2 Å². The second-order valence-electron chi connectivity index (χ2n) is 5.87.